The summed E-state index contributed by atoms with van der Waals surface area (Å²) in [5, 5.41) is 5.26. The first-order valence-electron chi connectivity index (χ1n) is 14.1. The molecule has 0 bridgehead atoms. The van der Waals surface area contributed by atoms with Gasteiger partial charge >= 0.3 is 12.4 Å². The molecule has 0 saturated heterocycles. The van der Waals surface area contributed by atoms with Crippen LogP contribution >= 0.6 is 45.3 Å². The van der Waals surface area contributed by atoms with E-state index in [-0.39, 0.29) is 0 Å². The zero-order valence-corrected chi connectivity index (χ0v) is 27.2. The minimum Gasteiger partial charge on any atom is -0.165 e. The van der Waals surface area contributed by atoms with Gasteiger partial charge in [-0.05, 0) is 107 Å². The van der Waals surface area contributed by atoms with Gasteiger partial charge in [-0.25, -0.2) is 0 Å². The zero-order valence-electron chi connectivity index (χ0n) is 24.0. The Morgan fingerprint density at radius 1 is 0.391 bits per heavy atom. The quantitative estimate of drug-likeness (QED) is 0.127. The topological polar surface area (TPSA) is 0 Å². The molecule has 4 heterocycles. The molecule has 0 saturated carbocycles. The van der Waals surface area contributed by atoms with E-state index in [9.17, 15) is 26.3 Å². The monoisotopic (exact) mass is 694 g/mol. The Bertz CT molecular complexity index is 2260. The third-order valence-corrected chi connectivity index (χ3v) is 12.6. The van der Waals surface area contributed by atoms with Crippen molar-refractivity contribution in [3.8, 4) is 41.8 Å². The molecule has 0 amide bonds. The molecule has 0 aliphatic carbocycles. The first-order chi connectivity index (χ1) is 21.9. The second-order valence-corrected chi connectivity index (χ2v) is 15.9. The maximum atomic E-state index is 13.7. The number of thiophene rings is 4. The van der Waals surface area contributed by atoms with E-state index in [1.54, 1.807) is 22.7 Å². The fourth-order valence-electron chi connectivity index (χ4n) is 6.24. The summed E-state index contributed by atoms with van der Waals surface area (Å²) >= 11 is 4.66. The lowest BCUT2D eigenvalue weighted by Crippen LogP contribution is -2.00. The average molecular weight is 695 g/mol. The van der Waals surface area contributed by atoms with Gasteiger partial charge in [-0.1, -0.05) is 24.3 Å². The predicted molar refractivity (Wildman–Crippen MR) is 183 cm³/mol. The van der Waals surface area contributed by atoms with Crippen molar-refractivity contribution < 1.29 is 26.3 Å². The van der Waals surface area contributed by atoms with Crippen LogP contribution in [0.15, 0.2) is 84.9 Å². The van der Waals surface area contributed by atoms with Crippen LogP contribution in [0.25, 0.3) is 74.1 Å². The number of hydrogen-bond donors (Lipinski definition) is 0. The van der Waals surface area contributed by atoms with Crippen molar-refractivity contribution in [1.29, 1.82) is 0 Å². The molecular weight excluding hydrogens is 675 g/mol. The van der Waals surface area contributed by atoms with Gasteiger partial charge in [-0.15, -0.1) is 45.3 Å². The Morgan fingerprint density at radius 2 is 0.696 bits per heavy atom. The summed E-state index contributed by atoms with van der Waals surface area (Å²) in [5.41, 5.74) is 3.20. The van der Waals surface area contributed by atoms with E-state index < -0.39 is 22.1 Å². The summed E-state index contributed by atoms with van der Waals surface area (Å²) in [6.07, 6.45) is -8.92. The van der Waals surface area contributed by atoms with E-state index >= 15 is 0 Å². The van der Waals surface area contributed by atoms with Gasteiger partial charge in [0.1, 0.15) is 9.75 Å². The van der Waals surface area contributed by atoms with E-state index in [2.05, 4.69) is 12.1 Å². The highest BCUT2D eigenvalue weighted by Gasteiger charge is 2.34. The molecule has 0 atom stereocenters. The third kappa shape index (κ3) is 4.76. The van der Waals surface area contributed by atoms with Gasteiger partial charge in [-0.2, -0.15) is 26.3 Å². The van der Waals surface area contributed by atoms with Crippen molar-refractivity contribution in [3.05, 3.63) is 104 Å². The van der Waals surface area contributed by atoms with Crippen molar-refractivity contribution in [1.82, 2.24) is 0 Å². The summed E-state index contributed by atoms with van der Waals surface area (Å²) in [6, 6.07) is 25.3. The second kappa shape index (κ2) is 10.4. The number of aryl methyl sites for hydroxylation is 2. The molecule has 0 nitrogen and oxygen atoms in total. The van der Waals surface area contributed by atoms with Crippen LogP contribution in [0.3, 0.4) is 0 Å². The number of hydrogen-bond acceptors (Lipinski definition) is 4. The van der Waals surface area contributed by atoms with Gasteiger partial charge in [0, 0.05) is 51.5 Å². The molecule has 0 aliphatic heterocycles. The molecule has 0 unspecified atom stereocenters. The Labute approximate surface area is 275 Å². The number of rotatable bonds is 4. The first-order valence-corrected chi connectivity index (χ1v) is 17.4. The largest absolute Gasteiger partial charge is 0.425 e. The van der Waals surface area contributed by atoms with Crippen LogP contribution < -0.4 is 0 Å². The third-order valence-electron chi connectivity index (χ3n) is 8.21. The molecule has 0 N–H and O–H groups in total. The average Bonchev–Trinajstić information content (AvgIpc) is 3.82. The Hall–Kier alpha value is -3.70. The maximum absolute atomic E-state index is 13.7. The highest BCUT2D eigenvalue weighted by atomic mass is 32.1. The summed E-state index contributed by atoms with van der Waals surface area (Å²) in [7, 11) is 0. The van der Waals surface area contributed by atoms with Gasteiger partial charge in [0.05, 0.1) is 0 Å². The molecule has 8 aromatic rings. The fourth-order valence-corrected chi connectivity index (χ4v) is 9.84. The van der Waals surface area contributed by atoms with E-state index in [1.807, 2.05) is 62.4 Å². The van der Waals surface area contributed by atoms with E-state index in [0.29, 0.717) is 43.6 Å². The predicted octanol–water partition coefficient (Wildman–Crippen LogP) is 14.2. The van der Waals surface area contributed by atoms with Gasteiger partial charge in [0.2, 0.25) is 0 Å². The van der Waals surface area contributed by atoms with Crippen molar-refractivity contribution >= 4 is 77.7 Å². The Morgan fingerprint density at radius 3 is 0.957 bits per heavy atom. The molecule has 0 aliphatic rings. The molecule has 4 aromatic carbocycles. The van der Waals surface area contributed by atoms with E-state index in [0.717, 1.165) is 75.1 Å². The number of alkyl halides is 6. The SMILES string of the molecule is Cc1ccc(-c2cc(-c3ccc(C(F)(F)F)s3)c3ccc4c(-c5ccc(C(F)(F)F)s5)cc(-c5ccc(C)s5)c5ccc2c3c54)s1. The molecule has 230 valence electrons. The van der Waals surface area contributed by atoms with Crippen molar-refractivity contribution in [2.45, 2.75) is 26.2 Å². The molecular formula is C36H20F6S4. The maximum Gasteiger partial charge on any atom is 0.425 e. The van der Waals surface area contributed by atoms with Crippen molar-refractivity contribution in [2.75, 3.05) is 0 Å². The molecule has 8 rings (SSSR count). The molecule has 0 radical (unpaired) electrons. The van der Waals surface area contributed by atoms with Crippen LogP contribution in [-0.4, -0.2) is 0 Å². The lowest BCUT2D eigenvalue weighted by molar-refractivity contribution is -0.135. The summed E-state index contributed by atoms with van der Waals surface area (Å²) in [4.78, 5) is 3.86. The van der Waals surface area contributed by atoms with Crippen LogP contribution in [0, 0.1) is 13.8 Å². The minimum atomic E-state index is -4.46. The number of benzene rings is 4. The van der Waals surface area contributed by atoms with Gasteiger partial charge in [0.25, 0.3) is 0 Å². The smallest absolute Gasteiger partial charge is 0.165 e. The van der Waals surface area contributed by atoms with Gasteiger partial charge in [-0.3, -0.25) is 0 Å². The lowest BCUT2D eigenvalue weighted by Gasteiger charge is -2.20. The standard InChI is InChI=1S/C36H20F6S4/c1-17-3-9-27(43-17)23-15-25(29-11-13-31(45-29)35(37,38)39)21-7-8-22-26(30-12-14-32(46-30)36(40,41)42)16-24(28-10-4-18(2)44-28)20-6-5-19(23)33(21)34(20)22/h3-16H,1-2H3. The Balaban J connectivity index is 1.53. The summed E-state index contributed by atoms with van der Waals surface area (Å²) in [6.45, 7) is 4.02. The normalized spacial score (nSPS) is 12.8. The highest BCUT2D eigenvalue weighted by Crippen LogP contribution is 2.52. The molecule has 46 heavy (non-hydrogen) atoms. The van der Waals surface area contributed by atoms with Crippen LogP contribution in [0.4, 0.5) is 26.3 Å². The molecule has 0 fully saturated rings. The van der Waals surface area contributed by atoms with Crippen LogP contribution in [-0.2, 0) is 12.4 Å². The van der Waals surface area contributed by atoms with Crippen LogP contribution in [0.2, 0.25) is 0 Å². The molecule has 10 heteroatoms. The lowest BCUT2D eigenvalue weighted by atomic mass is 9.85. The first kappa shape index (κ1) is 29.7. The van der Waals surface area contributed by atoms with Crippen LogP contribution in [0.1, 0.15) is 19.5 Å². The molecule has 4 aromatic heterocycles. The van der Waals surface area contributed by atoms with Crippen molar-refractivity contribution in [2.24, 2.45) is 0 Å². The highest BCUT2D eigenvalue weighted by molar-refractivity contribution is 7.16. The minimum absolute atomic E-state index is 0.502. The van der Waals surface area contributed by atoms with Crippen LogP contribution in [0.5, 0.6) is 0 Å². The van der Waals surface area contributed by atoms with Gasteiger partial charge < -0.3 is 0 Å². The van der Waals surface area contributed by atoms with E-state index in [1.165, 1.54) is 12.1 Å². The van der Waals surface area contributed by atoms with Gasteiger partial charge in [0.15, 0.2) is 0 Å². The fraction of sp³-hybridized carbons (Fsp3) is 0.111. The second-order valence-electron chi connectivity index (χ2n) is 11.2. The summed E-state index contributed by atoms with van der Waals surface area (Å²) < 4.78 is 82.4. The Kier molecular flexibility index (Phi) is 6.71. The molecule has 0 spiro atoms. The zero-order chi connectivity index (χ0) is 32.1. The van der Waals surface area contributed by atoms with E-state index in [4.69, 9.17) is 0 Å². The number of halogens is 6. The summed E-state index contributed by atoms with van der Waals surface area (Å²) in [5.74, 6) is 0. The van der Waals surface area contributed by atoms with Crippen molar-refractivity contribution in [3.63, 3.8) is 0 Å².